The van der Waals surface area contributed by atoms with E-state index in [1.165, 1.54) is 19.4 Å². The van der Waals surface area contributed by atoms with Crippen molar-refractivity contribution in [3.05, 3.63) is 0 Å². The van der Waals surface area contributed by atoms with Gasteiger partial charge in [0.1, 0.15) is 0 Å². The molecule has 1 atom stereocenters. The zero-order valence-electron chi connectivity index (χ0n) is 8.30. The molecule has 0 N–H and O–H groups in total. The van der Waals surface area contributed by atoms with Gasteiger partial charge in [-0.15, -0.1) is 0 Å². The lowest BCUT2D eigenvalue weighted by atomic mass is 9.76. The van der Waals surface area contributed by atoms with Crippen molar-refractivity contribution >= 4 is 0 Å². The monoisotopic (exact) mass is 166 g/mol. The third-order valence-corrected chi connectivity index (χ3v) is 2.93. The molecule has 0 amide bonds. The summed E-state index contributed by atoms with van der Waals surface area (Å²) < 4.78 is 0. The Morgan fingerprint density at radius 2 is 2.17 bits per heavy atom. The van der Waals surface area contributed by atoms with Gasteiger partial charge >= 0.3 is 0 Å². The third kappa shape index (κ3) is 1.98. The van der Waals surface area contributed by atoms with Crippen molar-refractivity contribution < 1.29 is 0 Å². The predicted molar refractivity (Wildman–Crippen MR) is 49.6 cm³/mol. The molecular formula is C10H18N2. The fourth-order valence-corrected chi connectivity index (χ4v) is 1.85. The van der Waals surface area contributed by atoms with Crippen LogP contribution in [0, 0.1) is 22.7 Å². The SMILES string of the molecule is CN1CCCC(C(C)(C)C#N)C1. The third-order valence-electron chi connectivity index (χ3n) is 2.93. The lowest BCUT2D eigenvalue weighted by Crippen LogP contribution is -2.38. The number of hydrogen-bond acceptors (Lipinski definition) is 2. The molecule has 0 bridgehead atoms. The largest absolute Gasteiger partial charge is 0.306 e. The van der Waals surface area contributed by atoms with E-state index in [1.807, 2.05) is 0 Å². The van der Waals surface area contributed by atoms with E-state index in [-0.39, 0.29) is 5.41 Å². The summed E-state index contributed by atoms with van der Waals surface area (Å²) in [5.41, 5.74) is -0.144. The first-order valence-electron chi connectivity index (χ1n) is 4.66. The van der Waals surface area contributed by atoms with Gasteiger partial charge in [0, 0.05) is 6.54 Å². The minimum Gasteiger partial charge on any atom is -0.306 e. The Balaban J connectivity index is 2.58. The summed E-state index contributed by atoms with van der Waals surface area (Å²) in [7, 11) is 2.14. The van der Waals surface area contributed by atoms with Crippen LogP contribution in [0.3, 0.4) is 0 Å². The van der Waals surface area contributed by atoms with Crippen molar-refractivity contribution in [2.75, 3.05) is 20.1 Å². The highest BCUT2D eigenvalue weighted by Gasteiger charge is 2.31. The van der Waals surface area contributed by atoms with Gasteiger partial charge < -0.3 is 4.90 Å². The normalized spacial score (nSPS) is 26.7. The second-order valence-corrected chi connectivity index (χ2v) is 4.43. The molecule has 1 unspecified atom stereocenters. The summed E-state index contributed by atoms with van der Waals surface area (Å²) in [6, 6.07) is 2.40. The maximum Gasteiger partial charge on any atom is 0.0687 e. The molecule has 1 saturated heterocycles. The molecule has 0 aromatic heterocycles. The van der Waals surface area contributed by atoms with Gasteiger partial charge in [0.25, 0.3) is 0 Å². The van der Waals surface area contributed by atoms with Crippen molar-refractivity contribution in [1.29, 1.82) is 5.26 Å². The molecule has 1 heterocycles. The van der Waals surface area contributed by atoms with Gasteiger partial charge in [-0.1, -0.05) is 0 Å². The van der Waals surface area contributed by atoms with Crippen molar-refractivity contribution in [2.45, 2.75) is 26.7 Å². The molecule has 0 saturated carbocycles. The van der Waals surface area contributed by atoms with Crippen LogP contribution in [0.15, 0.2) is 0 Å². The highest BCUT2D eigenvalue weighted by atomic mass is 15.1. The average Bonchev–Trinajstić information content (AvgIpc) is 2.05. The van der Waals surface area contributed by atoms with Gasteiger partial charge in [0.2, 0.25) is 0 Å². The number of piperidine rings is 1. The summed E-state index contributed by atoms with van der Waals surface area (Å²) in [6.45, 7) is 6.38. The summed E-state index contributed by atoms with van der Waals surface area (Å²) in [5.74, 6) is 0.557. The van der Waals surface area contributed by atoms with Crippen molar-refractivity contribution in [3.8, 4) is 6.07 Å². The van der Waals surface area contributed by atoms with E-state index < -0.39 is 0 Å². The molecule has 0 radical (unpaired) electrons. The fraction of sp³-hybridized carbons (Fsp3) is 0.900. The molecule has 0 aliphatic carbocycles. The molecule has 12 heavy (non-hydrogen) atoms. The standard InChI is InChI=1S/C10H18N2/c1-10(2,8-11)9-5-4-6-12(3)7-9/h9H,4-7H2,1-3H3. The van der Waals surface area contributed by atoms with Crippen LogP contribution in [0.25, 0.3) is 0 Å². The Kier molecular flexibility index (Phi) is 2.74. The number of rotatable bonds is 1. The minimum absolute atomic E-state index is 0.144. The highest BCUT2D eigenvalue weighted by molar-refractivity contribution is 4.98. The predicted octanol–water partition coefficient (Wildman–Crippen LogP) is 1.88. The average molecular weight is 166 g/mol. The van der Waals surface area contributed by atoms with E-state index in [4.69, 9.17) is 5.26 Å². The molecule has 1 fully saturated rings. The number of likely N-dealkylation sites (tertiary alicyclic amines) is 1. The molecule has 0 aromatic carbocycles. The molecule has 1 aliphatic heterocycles. The Morgan fingerprint density at radius 1 is 1.50 bits per heavy atom. The first-order valence-corrected chi connectivity index (χ1v) is 4.66. The van der Waals surface area contributed by atoms with Crippen LogP contribution in [0.4, 0.5) is 0 Å². The van der Waals surface area contributed by atoms with Crippen LogP contribution >= 0.6 is 0 Å². The summed E-state index contributed by atoms with van der Waals surface area (Å²) >= 11 is 0. The van der Waals surface area contributed by atoms with E-state index in [0.717, 1.165) is 6.54 Å². The molecule has 0 aromatic rings. The lowest BCUT2D eigenvalue weighted by Gasteiger charge is -2.36. The van der Waals surface area contributed by atoms with E-state index in [9.17, 15) is 0 Å². The first kappa shape index (κ1) is 9.54. The van der Waals surface area contributed by atoms with E-state index >= 15 is 0 Å². The van der Waals surface area contributed by atoms with E-state index in [2.05, 4.69) is 31.9 Å². The molecule has 1 rings (SSSR count). The minimum atomic E-state index is -0.144. The smallest absolute Gasteiger partial charge is 0.0687 e. The summed E-state index contributed by atoms with van der Waals surface area (Å²) in [5, 5.41) is 8.96. The van der Waals surface area contributed by atoms with Gasteiger partial charge in [-0.2, -0.15) is 5.26 Å². The molecule has 0 spiro atoms. The van der Waals surface area contributed by atoms with Gasteiger partial charge in [0.05, 0.1) is 11.5 Å². The second-order valence-electron chi connectivity index (χ2n) is 4.43. The molecule has 2 heteroatoms. The Bertz CT molecular complexity index is 191. The zero-order chi connectivity index (χ0) is 9.19. The van der Waals surface area contributed by atoms with Crippen LogP contribution in [0.5, 0.6) is 0 Å². The molecular weight excluding hydrogens is 148 g/mol. The van der Waals surface area contributed by atoms with E-state index in [0.29, 0.717) is 5.92 Å². The zero-order valence-corrected chi connectivity index (χ0v) is 8.30. The fourth-order valence-electron chi connectivity index (χ4n) is 1.85. The van der Waals surface area contributed by atoms with Crippen LogP contribution in [0.1, 0.15) is 26.7 Å². The Morgan fingerprint density at radius 3 is 2.67 bits per heavy atom. The van der Waals surface area contributed by atoms with Crippen molar-refractivity contribution in [3.63, 3.8) is 0 Å². The summed E-state index contributed by atoms with van der Waals surface area (Å²) in [4.78, 5) is 2.33. The van der Waals surface area contributed by atoms with Crippen LogP contribution in [-0.2, 0) is 0 Å². The van der Waals surface area contributed by atoms with Crippen LogP contribution in [-0.4, -0.2) is 25.0 Å². The van der Waals surface area contributed by atoms with Crippen LogP contribution in [0.2, 0.25) is 0 Å². The van der Waals surface area contributed by atoms with Gasteiger partial charge in [-0.05, 0) is 46.2 Å². The van der Waals surface area contributed by atoms with E-state index in [1.54, 1.807) is 0 Å². The first-order chi connectivity index (χ1) is 5.56. The van der Waals surface area contributed by atoms with Gasteiger partial charge in [-0.25, -0.2) is 0 Å². The Labute approximate surface area is 75.2 Å². The molecule has 2 nitrogen and oxygen atoms in total. The summed E-state index contributed by atoms with van der Waals surface area (Å²) in [6.07, 6.45) is 2.46. The maximum atomic E-state index is 8.96. The van der Waals surface area contributed by atoms with Crippen LogP contribution < -0.4 is 0 Å². The topological polar surface area (TPSA) is 27.0 Å². The number of nitriles is 1. The second kappa shape index (κ2) is 3.45. The van der Waals surface area contributed by atoms with Crippen molar-refractivity contribution in [2.24, 2.45) is 11.3 Å². The Hall–Kier alpha value is -0.550. The lowest BCUT2D eigenvalue weighted by molar-refractivity contribution is 0.140. The molecule has 68 valence electrons. The van der Waals surface area contributed by atoms with Gasteiger partial charge in [0.15, 0.2) is 0 Å². The number of hydrogen-bond donors (Lipinski definition) is 0. The maximum absolute atomic E-state index is 8.96. The number of nitrogens with zero attached hydrogens (tertiary/aromatic N) is 2. The van der Waals surface area contributed by atoms with Crippen molar-refractivity contribution in [1.82, 2.24) is 4.90 Å². The quantitative estimate of drug-likeness (QED) is 0.594. The highest BCUT2D eigenvalue weighted by Crippen LogP contribution is 2.32. The van der Waals surface area contributed by atoms with Gasteiger partial charge in [-0.3, -0.25) is 0 Å². The molecule has 1 aliphatic rings.